The van der Waals surface area contributed by atoms with Gasteiger partial charge in [-0.3, -0.25) is 4.79 Å². The highest BCUT2D eigenvalue weighted by atomic mass is 19.4. The summed E-state index contributed by atoms with van der Waals surface area (Å²) in [6.45, 7) is 0. The number of benzene rings is 2. The van der Waals surface area contributed by atoms with Crippen LogP contribution in [0.5, 0.6) is 11.5 Å². The van der Waals surface area contributed by atoms with Gasteiger partial charge >= 0.3 is 12.1 Å². The van der Waals surface area contributed by atoms with E-state index in [2.05, 4.69) is 4.74 Å². The summed E-state index contributed by atoms with van der Waals surface area (Å²) in [5, 5.41) is 0. The maximum absolute atomic E-state index is 13.3. The summed E-state index contributed by atoms with van der Waals surface area (Å²) in [5.74, 6) is -2.24. The van der Waals surface area contributed by atoms with Gasteiger partial charge in [-0.25, -0.2) is 4.79 Å². The second-order valence-electron chi connectivity index (χ2n) is 5.13. The minimum absolute atomic E-state index is 0.139. The molecule has 26 heavy (non-hydrogen) atoms. The predicted molar refractivity (Wildman–Crippen MR) is 85.6 cm³/mol. The fraction of sp³-hybridized carbons (Fsp3) is 0.222. The fourth-order valence-corrected chi connectivity index (χ4v) is 2.16. The second kappa shape index (κ2) is 7.90. The lowest BCUT2D eigenvalue weighted by Gasteiger charge is -2.20. The number of carbonyl (C=O) groups is 2. The van der Waals surface area contributed by atoms with Crippen molar-refractivity contribution >= 4 is 11.8 Å². The van der Waals surface area contributed by atoms with Gasteiger partial charge in [-0.05, 0) is 18.2 Å². The molecule has 0 bridgehead atoms. The lowest BCUT2D eigenvalue weighted by atomic mass is 10.1. The van der Waals surface area contributed by atoms with Crippen LogP contribution in [-0.2, 0) is 4.74 Å². The molecule has 2 aromatic carbocycles. The van der Waals surface area contributed by atoms with Crippen molar-refractivity contribution in [3.8, 4) is 11.5 Å². The average Bonchev–Trinajstić information content (AvgIpc) is 2.64. The minimum Gasteiger partial charge on any atom is -0.493 e. The number of carbonyl (C=O) groups excluding carboxylic acids is 2. The maximum Gasteiger partial charge on any atom is 0.433 e. The Balaban J connectivity index is 2.29. The van der Waals surface area contributed by atoms with E-state index in [0.29, 0.717) is 0 Å². The number of Topliss-reactive ketones (excluding diaryl/α,β-unsaturated/α-hetero) is 1. The Morgan fingerprint density at radius 1 is 0.885 bits per heavy atom. The van der Waals surface area contributed by atoms with Gasteiger partial charge in [0, 0.05) is 5.56 Å². The number of esters is 1. The monoisotopic (exact) mass is 368 g/mol. The first-order valence-corrected chi connectivity index (χ1v) is 7.37. The summed E-state index contributed by atoms with van der Waals surface area (Å²) >= 11 is 0. The molecule has 138 valence electrons. The van der Waals surface area contributed by atoms with Crippen molar-refractivity contribution < 1.29 is 37.0 Å². The summed E-state index contributed by atoms with van der Waals surface area (Å²) in [5.41, 5.74) is -0.423. The van der Waals surface area contributed by atoms with Gasteiger partial charge in [-0.2, -0.15) is 13.2 Å². The van der Waals surface area contributed by atoms with Crippen LogP contribution in [0.4, 0.5) is 13.2 Å². The van der Waals surface area contributed by atoms with Crippen LogP contribution in [0.3, 0.4) is 0 Å². The van der Waals surface area contributed by atoms with Crippen LogP contribution in [0.25, 0.3) is 0 Å². The summed E-state index contributed by atoms with van der Waals surface area (Å²) in [6.07, 6.45) is -7.97. The van der Waals surface area contributed by atoms with Crippen molar-refractivity contribution in [2.75, 3.05) is 14.2 Å². The first kappa shape index (κ1) is 19.3. The summed E-state index contributed by atoms with van der Waals surface area (Å²) in [6, 6.07) is 10.5. The molecule has 0 spiro atoms. The SMILES string of the molecule is COc1ccc(C(=O)OC(C(=O)c2ccccc2)C(F)(F)F)cc1OC. The molecule has 0 saturated carbocycles. The molecule has 0 saturated heterocycles. The molecule has 2 aromatic rings. The molecule has 0 aliphatic heterocycles. The van der Waals surface area contributed by atoms with Crippen LogP contribution in [0.1, 0.15) is 20.7 Å². The van der Waals surface area contributed by atoms with Crippen molar-refractivity contribution in [1.29, 1.82) is 0 Å². The zero-order chi connectivity index (χ0) is 19.3. The van der Waals surface area contributed by atoms with E-state index in [-0.39, 0.29) is 22.6 Å². The molecule has 0 radical (unpaired) electrons. The molecular formula is C18H15F3O5. The van der Waals surface area contributed by atoms with Gasteiger partial charge in [0.25, 0.3) is 6.10 Å². The Labute approximate surface area is 147 Å². The van der Waals surface area contributed by atoms with Gasteiger partial charge in [-0.15, -0.1) is 0 Å². The third-order valence-corrected chi connectivity index (χ3v) is 3.44. The highest BCUT2D eigenvalue weighted by Crippen LogP contribution is 2.30. The minimum atomic E-state index is -5.06. The zero-order valence-electron chi connectivity index (χ0n) is 13.9. The third-order valence-electron chi connectivity index (χ3n) is 3.44. The van der Waals surface area contributed by atoms with Gasteiger partial charge in [0.15, 0.2) is 11.5 Å². The number of hydrogen-bond donors (Lipinski definition) is 0. The molecule has 8 heteroatoms. The van der Waals surface area contributed by atoms with Crippen LogP contribution in [-0.4, -0.2) is 38.3 Å². The lowest BCUT2D eigenvalue weighted by molar-refractivity contribution is -0.187. The number of alkyl halides is 3. The van der Waals surface area contributed by atoms with Crippen LogP contribution in [0.2, 0.25) is 0 Å². The van der Waals surface area contributed by atoms with Gasteiger partial charge in [0.2, 0.25) is 5.78 Å². The van der Waals surface area contributed by atoms with E-state index in [9.17, 15) is 22.8 Å². The molecule has 5 nitrogen and oxygen atoms in total. The Morgan fingerprint density at radius 3 is 2.04 bits per heavy atom. The molecular weight excluding hydrogens is 353 g/mol. The Hall–Kier alpha value is -3.03. The van der Waals surface area contributed by atoms with Crippen LogP contribution >= 0.6 is 0 Å². The number of ketones is 1. The van der Waals surface area contributed by atoms with Crippen molar-refractivity contribution in [3.63, 3.8) is 0 Å². The molecule has 0 aromatic heterocycles. The molecule has 0 aliphatic carbocycles. The van der Waals surface area contributed by atoms with E-state index >= 15 is 0 Å². The number of halogens is 3. The van der Waals surface area contributed by atoms with Gasteiger partial charge in [0.05, 0.1) is 19.8 Å². The van der Waals surface area contributed by atoms with Crippen molar-refractivity contribution in [2.24, 2.45) is 0 Å². The molecule has 2 rings (SSSR count). The van der Waals surface area contributed by atoms with Crippen LogP contribution in [0, 0.1) is 0 Å². The van der Waals surface area contributed by atoms with Crippen LogP contribution < -0.4 is 9.47 Å². The van der Waals surface area contributed by atoms with E-state index in [1.54, 1.807) is 6.07 Å². The number of rotatable bonds is 6. The standard InChI is InChI=1S/C18H15F3O5/c1-24-13-9-8-12(10-14(13)25-2)17(23)26-16(18(19,20)21)15(22)11-6-4-3-5-7-11/h3-10,16H,1-2H3. The van der Waals surface area contributed by atoms with E-state index in [4.69, 9.17) is 9.47 Å². The third kappa shape index (κ3) is 4.33. The Bertz CT molecular complexity index is 787. The van der Waals surface area contributed by atoms with Crippen molar-refractivity contribution in [3.05, 3.63) is 59.7 Å². The average molecular weight is 368 g/mol. The first-order valence-electron chi connectivity index (χ1n) is 7.37. The molecule has 1 atom stereocenters. The summed E-state index contributed by atoms with van der Waals surface area (Å²) in [4.78, 5) is 24.3. The van der Waals surface area contributed by atoms with Crippen molar-refractivity contribution in [1.82, 2.24) is 0 Å². The first-order chi connectivity index (χ1) is 12.3. The summed E-state index contributed by atoms with van der Waals surface area (Å²) < 4.78 is 54.2. The largest absolute Gasteiger partial charge is 0.493 e. The topological polar surface area (TPSA) is 61.8 Å². The number of ether oxygens (including phenoxy) is 3. The summed E-state index contributed by atoms with van der Waals surface area (Å²) in [7, 11) is 2.68. The Kier molecular flexibility index (Phi) is 5.86. The fourth-order valence-electron chi connectivity index (χ4n) is 2.16. The van der Waals surface area contributed by atoms with E-state index in [1.807, 2.05) is 0 Å². The van der Waals surface area contributed by atoms with Gasteiger partial charge in [0.1, 0.15) is 0 Å². The van der Waals surface area contributed by atoms with E-state index in [0.717, 1.165) is 0 Å². The lowest BCUT2D eigenvalue weighted by Crippen LogP contribution is -2.40. The number of hydrogen-bond acceptors (Lipinski definition) is 5. The quantitative estimate of drug-likeness (QED) is 0.575. The molecule has 0 heterocycles. The highest BCUT2D eigenvalue weighted by Gasteiger charge is 2.48. The Morgan fingerprint density at radius 2 is 1.50 bits per heavy atom. The second-order valence-corrected chi connectivity index (χ2v) is 5.13. The van der Waals surface area contributed by atoms with Crippen LogP contribution in [0.15, 0.2) is 48.5 Å². The van der Waals surface area contributed by atoms with Crippen molar-refractivity contribution in [2.45, 2.75) is 12.3 Å². The number of methoxy groups -OCH3 is 2. The molecule has 1 unspecified atom stereocenters. The maximum atomic E-state index is 13.3. The molecule has 0 fully saturated rings. The highest BCUT2D eigenvalue weighted by molar-refractivity contribution is 6.02. The zero-order valence-corrected chi connectivity index (χ0v) is 13.9. The molecule has 0 N–H and O–H groups in total. The van der Waals surface area contributed by atoms with Gasteiger partial charge in [-0.1, -0.05) is 30.3 Å². The smallest absolute Gasteiger partial charge is 0.433 e. The van der Waals surface area contributed by atoms with Gasteiger partial charge < -0.3 is 14.2 Å². The normalized spacial score (nSPS) is 12.2. The molecule has 0 amide bonds. The van der Waals surface area contributed by atoms with E-state index in [1.165, 1.54) is 56.7 Å². The molecule has 0 aliphatic rings. The van der Waals surface area contributed by atoms with E-state index < -0.39 is 24.0 Å². The predicted octanol–water partition coefficient (Wildman–Crippen LogP) is 3.67.